The molecular weight excluding hydrogens is 314 g/mol. The molecule has 5 nitrogen and oxygen atoms in total. The quantitative estimate of drug-likeness (QED) is 0.817. The summed E-state index contributed by atoms with van der Waals surface area (Å²) < 4.78 is 0. The number of likely N-dealkylation sites (tertiary alicyclic amines) is 1. The maximum atomic E-state index is 12.7. The van der Waals surface area contributed by atoms with E-state index in [0.29, 0.717) is 12.5 Å². The van der Waals surface area contributed by atoms with E-state index in [-0.39, 0.29) is 42.1 Å². The third-order valence-electron chi connectivity index (χ3n) is 4.98. The summed E-state index contributed by atoms with van der Waals surface area (Å²) in [6.45, 7) is 6.13. The lowest BCUT2D eigenvalue weighted by Crippen LogP contribution is -2.47. The molecule has 3 atom stereocenters. The van der Waals surface area contributed by atoms with Crippen LogP contribution >= 0.6 is 12.4 Å². The van der Waals surface area contributed by atoms with Gasteiger partial charge >= 0.3 is 0 Å². The smallest absolute Gasteiger partial charge is 0.225 e. The van der Waals surface area contributed by atoms with Crippen molar-refractivity contribution in [1.29, 1.82) is 0 Å². The van der Waals surface area contributed by atoms with Gasteiger partial charge in [-0.25, -0.2) is 0 Å². The van der Waals surface area contributed by atoms with E-state index in [2.05, 4.69) is 5.32 Å². The molecule has 0 aromatic carbocycles. The molecule has 0 radical (unpaired) electrons. The third kappa shape index (κ3) is 5.96. The number of hydrogen-bond acceptors (Lipinski definition) is 3. The Kier molecular flexibility index (Phi) is 8.34. The maximum Gasteiger partial charge on any atom is 0.225 e. The molecule has 1 saturated heterocycles. The second-order valence-corrected chi connectivity index (χ2v) is 7.32. The van der Waals surface area contributed by atoms with Gasteiger partial charge in [0.1, 0.15) is 0 Å². The Balaban J connectivity index is 0.00000264. The van der Waals surface area contributed by atoms with Crippen LogP contribution in [0, 0.1) is 17.8 Å². The fraction of sp³-hybridized carbons (Fsp3) is 0.882. The first kappa shape index (κ1) is 20.2. The normalized spacial score (nSPS) is 28.2. The molecular formula is C17H32ClN3O2. The molecule has 0 bridgehead atoms. The van der Waals surface area contributed by atoms with Gasteiger partial charge < -0.3 is 16.0 Å². The number of piperidine rings is 1. The fourth-order valence-electron chi connectivity index (χ4n) is 3.59. The summed E-state index contributed by atoms with van der Waals surface area (Å²) in [6.07, 6.45) is 6.06. The first-order valence-corrected chi connectivity index (χ1v) is 8.79. The lowest BCUT2D eigenvalue weighted by Gasteiger charge is -2.37. The minimum absolute atomic E-state index is 0. The lowest BCUT2D eigenvalue weighted by molar-refractivity contribution is -0.138. The van der Waals surface area contributed by atoms with Gasteiger partial charge in [0, 0.05) is 37.5 Å². The standard InChI is InChI=1S/C17H31N3O2.ClH/c1-12(2)16(21)19-10-13-5-4-8-20(11-13)17(22)14-6-3-7-15(18)9-14;/h12-15H,3-11,18H2,1-2H3,(H,19,21);1H. The molecule has 2 fully saturated rings. The number of nitrogens with zero attached hydrogens (tertiary/aromatic N) is 1. The SMILES string of the molecule is CC(C)C(=O)NCC1CCCN(C(=O)C2CCCC(N)C2)C1.Cl. The van der Waals surface area contributed by atoms with Crippen LogP contribution in [0.1, 0.15) is 52.4 Å². The fourth-order valence-corrected chi connectivity index (χ4v) is 3.59. The van der Waals surface area contributed by atoms with E-state index in [1.54, 1.807) is 0 Å². The zero-order valence-electron chi connectivity index (χ0n) is 14.4. The number of hydrogen-bond donors (Lipinski definition) is 2. The molecule has 2 amide bonds. The van der Waals surface area contributed by atoms with Crippen LogP contribution in [0.5, 0.6) is 0 Å². The van der Waals surface area contributed by atoms with Crippen molar-refractivity contribution in [3.8, 4) is 0 Å². The molecule has 0 aromatic rings. The average molecular weight is 346 g/mol. The van der Waals surface area contributed by atoms with Crippen molar-refractivity contribution in [3.05, 3.63) is 0 Å². The maximum absolute atomic E-state index is 12.7. The third-order valence-corrected chi connectivity index (χ3v) is 4.98. The van der Waals surface area contributed by atoms with Crippen molar-refractivity contribution >= 4 is 24.2 Å². The Morgan fingerprint density at radius 2 is 1.96 bits per heavy atom. The van der Waals surface area contributed by atoms with Crippen molar-refractivity contribution in [1.82, 2.24) is 10.2 Å². The summed E-state index contributed by atoms with van der Waals surface area (Å²) in [4.78, 5) is 26.4. The Labute approximate surface area is 146 Å². The number of halogens is 1. The Hall–Kier alpha value is -0.810. The number of amides is 2. The molecule has 1 aliphatic carbocycles. The first-order valence-electron chi connectivity index (χ1n) is 8.79. The molecule has 0 aromatic heterocycles. The molecule has 2 aliphatic rings. The van der Waals surface area contributed by atoms with Gasteiger partial charge in [0.05, 0.1) is 0 Å². The predicted octanol–water partition coefficient (Wildman–Crippen LogP) is 1.94. The van der Waals surface area contributed by atoms with E-state index in [1.165, 1.54) is 0 Å². The van der Waals surface area contributed by atoms with Crippen LogP contribution in [-0.4, -0.2) is 42.4 Å². The van der Waals surface area contributed by atoms with Gasteiger partial charge in [0.15, 0.2) is 0 Å². The van der Waals surface area contributed by atoms with Crippen LogP contribution in [0.3, 0.4) is 0 Å². The lowest BCUT2D eigenvalue weighted by atomic mass is 9.84. The van der Waals surface area contributed by atoms with Crippen molar-refractivity contribution < 1.29 is 9.59 Å². The van der Waals surface area contributed by atoms with Gasteiger partial charge in [0.2, 0.25) is 11.8 Å². The monoisotopic (exact) mass is 345 g/mol. The molecule has 1 aliphatic heterocycles. The van der Waals surface area contributed by atoms with Gasteiger partial charge in [-0.2, -0.15) is 0 Å². The summed E-state index contributed by atoms with van der Waals surface area (Å²) in [5.41, 5.74) is 6.01. The topological polar surface area (TPSA) is 75.4 Å². The first-order chi connectivity index (χ1) is 10.5. The predicted molar refractivity (Wildman–Crippen MR) is 94.3 cm³/mol. The van der Waals surface area contributed by atoms with Gasteiger partial charge in [-0.15, -0.1) is 12.4 Å². The highest BCUT2D eigenvalue weighted by Gasteiger charge is 2.31. The summed E-state index contributed by atoms with van der Waals surface area (Å²) in [5, 5.41) is 3.00. The van der Waals surface area contributed by atoms with Crippen LogP contribution in [0.15, 0.2) is 0 Å². The van der Waals surface area contributed by atoms with Crippen LogP contribution in [-0.2, 0) is 9.59 Å². The molecule has 134 valence electrons. The highest BCUT2D eigenvalue weighted by molar-refractivity contribution is 5.85. The van der Waals surface area contributed by atoms with E-state index in [1.807, 2.05) is 18.7 Å². The van der Waals surface area contributed by atoms with Crippen LogP contribution in [0.2, 0.25) is 0 Å². The summed E-state index contributed by atoms with van der Waals surface area (Å²) in [7, 11) is 0. The molecule has 1 saturated carbocycles. The second kappa shape index (κ2) is 9.48. The Morgan fingerprint density at radius 3 is 2.61 bits per heavy atom. The molecule has 23 heavy (non-hydrogen) atoms. The molecule has 3 N–H and O–H groups in total. The van der Waals surface area contributed by atoms with E-state index in [9.17, 15) is 9.59 Å². The highest BCUT2D eigenvalue weighted by atomic mass is 35.5. The number of nitrogens with one attached hydrogen (secondary N) is 1. The minimum atomic E-state index is 0. The van der Waals surface area contributed by atoms with Gasteiger partial charge in [-0.05, 0) is 38.0 Å². The largest absolute Gasteiger partial charge is 0.356 e. The highest BCUT2D eigenvalue weighted by Crippen LogP contribution is 2.27. The van der Waals surface area contributed by atoms with Crippen molar-refractivity contribution in [3.63, 3.8) is 0 Å². The number of nitrogens with two attached hydrogens (primary N) is 1. The second-order valence-electron chi connectivity index (χ2n) is 7.32. The van der Waals surface area contributed by atoms with Crippen LogP contribution < -0.4 is 11.1 Å². The number of carbonyl (C=O) groups excluding carboxylic acids is 2. The van der Waals surface area contributed by atoms with Crippen LogP contribution in [0.25, 0.3) is 0 Å². The number of rotatable bonds is 4. The zero-order valence-corrected chi connectivity index (χ0v) is 15.2. The van der Waals surface area contributed by atoms with Crippen molar-refractivity contribution in [2.75, 3.05) is 19.6 Å². The van der Waals surface area contributed by atoms with E-state index in [0.717, 1.165) is 51.6 Å². The van der Waals surface area contributed by atoms with Crippen molar-refractivity contribution in [2.45, 2.75) is 58.4 Å². The van der Waals surface area contributed by atoms with Gasteiger partial charge in [0.25, 0.3) is 0 Å². The number of carbonyl (C=O) groups is 2. The summed E-state index contributed by atoms with van der Waals surface area (Å²) in [5.74, 6) is 0.909. The Morgan fingerprint density at radius 1 is 1.22 bits per heavy atom. The van der Waals surface area contributed by atoms with Gasteiger partial charge in [-0.1, -0.05) is 20.3 Å². The van der Waals surface area contributed by atoms with Gasteiger partial charge in [-0.3, -0.25) is 9.59 Å². The molecule has 1 heterocycles. The average Bonchev–Trinajstić information content (AvgIpc) is 2.52. The summed E-state index contributed by atoms with van der Waals surface area (Å²) >= 11 is 0. The summed E-state index contributed by atoms with van der Waals surface area (Å²) in [6, 6.07) is 0.189. The molecule has 2 rings (SSSR count). The van der Waals surface area contributed by atoms with Crippen LogP contribution in [0.4, 0.5) is 0 Å². The molecule has 6 heteroatoms. The zero-order chi connectivity index (χ0) is 16.1. The minimum Gasteiger partial charge on any atom is -0.356 e. The Bertz CT molecular complexity index is 403. The van der Waals surface area contributed by atoms with E-state index < -0.39 is 0 Å². The van der Waals surface area contributed by atoms with Crippen molar-refractivity contribution in [2.24, 2.45) is 23.5 Å². The van der Waals surface area contributed by atoms with E-state index in [4.69, 9.17) is 5.73 Å². The molecule has 3 unspecified atom stereocenters. The van der Waals surface area contributed by atoms with E-state index >= 15 is 0 Å². The molecule has 0 spiro atoms.